The molecule has 0 aliphatic rings. The molecule has 0 aliphatic carbocycles. The van der Waals surface area contributed by atoms with Gasteiger partial charge in [0.15, 0.2) is 0 Å². The number of aryl methyl sites for hydroxylation is 1. The van der Waals surface area contributed by atoms with Crippen LogP contribution in [0, 0.1) is 5.82 Å². The number of benzene rings is 1. The van der Waals surface area contributed by atoms with Crippen molar-refractivity contribution in [2.75, 3.05) is 0 Å². The van der Waals surface area contributed by atoms with Crippen LogP contribution in [0.1, 0.15) is 25.3 Å². The summed E-state index contributed by atoms with van der Waals surface area (Å²) in [7, 11) is 1.74. The predicted octanol–water partition coefficient (Wildman–Crippen LogP) is 2.74. The van der Waals surface area contributed by atoms with Gasteiger partial charge < -0.3 is 0 Å². The summed E-state index contributed by atoms with van der Waals surface area (Å²) in [6, 6.07) is 5.20. The number of halogens is 1. The number of hydrogen-bond acceptors (Lipinski definition) is 2. The Morgan fingerprint density at radius 1 is 1.31 bits per heavy atom. The molecule has 0 atom stereocenters. The molecule has 1 aromatic carbocycles. The van der Waals surface area contributed by atoms with Crippen molar-refractivity contribution >= 4 is 0 Å². The van der Waals surface area contributed by atoms with E-state index in [1.807, 2.05) is 26.0 Å². The summed E-state index contributed by atoms with van der Waals surface area (Å²) in [6.07, 6.45) is 1.63. The van der Waals surface area contributed by atoms with E-state index in [2.05, 4.69) is 10.2 Å². The van der Waals surface area contributed by atoms with Crippen LogP contribution in [0.4, 0.5) is 4.39 Å². The fourth-order valence-electron chi connectivity index (χ4n) is 1.63. The van der Waals surface area contributed by atoms with Crippen molar-refractivity contribution in [1.29, 1.82) is 0 Å². The van der Waals surface area contributed by atoms with E-state index in [4.69, 9.17) is 0 Å². The van der Waals surface area contributed by atoms with E-state index in [0.717, 1.165) is 11.1 Å². The van der Waals surface area contributed by atoms with Gasteiger partial charge in [0.05, 0.1) is 6.20 Å². The van der Waals surface area contributed by atoms with E-state index in [1.54, 1.807) is 13.2 Å². The van der Waals surface area contributed by atoms with Crippen LogP contribution in [0.3, 0.4) is 0 Å². The SMILES string of the molecule is CC(C)c1ccc(-c2cnn(C)n2)cc1F. The molecule has 2 rings (SSSR count). The van der Waals surface area contributed by atoms with Gasteiger partial charge in [-0.2, -0.15) is 15.0 Å². The van der Waals surface area contributed by atoms with Crippen molar-refractivity contribution in [3.63, 3.8) is 0 Å². The lowest BCUT2D eigenvalue weighted by Crippen LogP contribution is -1.94. The van der Waals surface area contributed by atoms with Crippen LogP contribution in [0.15, 0.2) is 24.4 Å². The molecule has 84 valence electrons. The highest BCUT2D eigenvalue weighted by atomic mass is 19.1. The molecule has 4 heteroatoms. The third-order valence-corrected chi connectivity index (χ3v) is 2.52. The topological polar surface area (TPSA) is 30.7 Å². The Labute approximate surface area is 93.9 Å². The Kier molecular flexibility index (Phi) is 2.73. The van der Waals surface area contributed by atoms with Crippen LogP contribution in [0.2, 0.25) is 0 Å². The predicted molar refractivity (Wildman–Crippen MR) is 60.5 cm³/mol. The molecule has 0 N–H and O–H groups in total. The normalized spacial score (nSPS) is 11.1. The lowest BCUT2D eigenvalue weighted by Gasteiger charge is -2.07. The first-order chi connectivity index (χ1) is 7.58. The Morgan fingerprint density at radius 2 is 2.06 bits per heavy atom. The highest BCUT2D eigenvalue weighted by Gasteiger charge is 2.09. The van der Waals surface area contributed by atoms with E-state index in [0.29, 0.717) is 5.69 Å². The average molecular weight is 219 g/mol. The fourth-order valence-corrected chi connectivity index (χ4v) is 1.63. The van der Waals surface area contributed by atoms with Crippen molar-refractivity contribution in [2.24, 2.45) is 7.05 Å². The Bertz CT molecular complexity index is 503. The Morgan fingerprint density at radius 3 is 2.56 bits per heavy atom. The van der Waals surface area contributed by atoms with E-state index < -0.39 is 0 Å². The molecule has 1 heterocycles. The van der Waals surface area contributed by atoms with Gasteiger partial charge in [0.1, 0.15) is 11.5 Å². The summed E-state index contributed by atoms with van der Waals surface area (Å²) in [5.41, 5.74) is 2.18. The number of hydrogen-bond donors (Lipinski definition) is 0. The largest absolute Gasteiger partial charge is 0.207 e. The molecule has 16 heavy (non-hydrogen) atoms. The first kappa shape index (κ1) is 10.8. The molecular formula is C12H14FN3. The number of aromatic nitrogens is 3. The van der Waals surface area contributed by atoms with Crippen LogP contribution < -0.4 is 0 Å². The Hall–Kier alpha value is -1.71. The van der Waals surface area contributed by atoms with Crippen LogP contribution in [-0.2, 0) is 7.05 Å². The van der Waals surface area contributed by atoms with Crippen LogP contribution in [0.25, 0.3) is 11.3 Å². The lowest BCUT2D eigenvalue weighted by molar-refractivity contribution is 0.598. The van der Waals surface area contributed by atoms with Crippen LogP contribution in [-0.4, -0.2) is 15.0 Å². The van der Waals surface area contributed by atoms with Crippen molar-refractivity contribution in [3.05, 3.63) is 35.8 Å². The first-order valence-corrected chi connectivity index (χ1v) is 5.24. The maximum absolute atomic E-state index is 13.7. The molecule has 3 nitrogen and oxygen atoms in total. The minimum atomic E-state index is -0.182. The molecule has 2 aromatic rings. The third kappa shape index (κ3) is 1.96. The van der Waals surface area contributed by atoms with Crippen molar-refractivity contribution in [3.8, 4) is 11.3 Å². The number of rotatable bonds is 2. The van der Waals surface area contributed by atoms with Gasteiger partial charge in [0.2, 0.25) is 0 Å². The van der Waals surface area contributed by atoms with Gasteiger partial charge in [-0.05, 0) is 17.5 Å². The second-order valence-electron chi connectivity index (χ2n) is 4.11. The third-order valence-electron chi connectivity index (χ3n) is 2.52. The van der Waals surface area contributed by atoms with Crippen molar-refractivity contribution in [2.45, 2.75) is 19.8 Å². The van der Waals surface area contributed by atoms with E-state index >= 15 is 0 Å². The molecular weight excluding hydrogens is 205 g/mol. The maximum Gasteiger partial charge on any atom is 0.127 e. The average Bonchev–Trinajstić information content (AvgIpc) is 2.64. The summed E-state index contributed by atoms with van der Waals surface area (Å²) in [5.74, 6) is 0.00839. The summed E-state index contributed by atoms with van der Waals surface area (Å²) in [6.45, 7) is 3.95. The maximum atomic E-state index is 13.7. The molecule has 0 aliphatic heterocycles. The minimum absolute atomic E-state index is 0.182. The number of nitrogens with zero attached hydrogens (tertiary/aromatic N) is 3. The zero-order chi connectivity index (χ0) is 11.7. The molecule has 0 saturated heterocycles. The van der Waals surface area contributed by atoms with E-state index in [9.17, 15) is 4.39 Å². The summed E-state index contributed by atoms with van der Waals surface area (Å²) in [4.78, 5) is 1.46. The van der Waals surface area contributed by atoms with Gasteiger partial charge in [-0.1, -0.05) is 26.0 Å². The molecule has 0 bridgehead atoms. The van der Waals surface area contributed by atoms with Crippen LogP contribution >= 0.6 is 0 Å². The molecule has 0 fully saturated rings. The second kappa shape index (κ2) is 4.04. The zero-order valence-electron chi connectivity index (χ0n) is 9.61. The monoisotopic (exact) mass is 219 g/mol. The standard InChI is InChI=1S/C12H14FN3/c1-8(2)10-5-4-9(6-11(10)13)12-7-14-16(3)15-12/h4-8H,1-3H3. The Balaban J connectivity index is 2.42. The molecule has 0 amide bonds. The molecule has 0 spiro atoms. The minimum Gasteiger partial charge on any atom is -0.207 e. The summed E-state index contributed by atoms with van der Waals surface area (Å²) >= 11 is 0. The van der Waals surface area contributed by atoms with Gasteiger partial charge in [0, 0.05) is 12.6 Å². The van der Waals surface area contributed by atoms with E-state index in [-0.39, 0.29) is 11.7 Å². The highest BCUT2D eigenvalue weighted by Crippen LogP contribution is 2.23. The first-order valence-electron chi connectivity index (χ1n) is 5.24. The molecule has 1 aromatic heterocycles. The second-order valence-corrected chi connectivity index (χ2v) is 4.11. The van der Waals surface area contributed by atoms with Crippen molar-refractivity contribution in [1.82, 2.24) is 15.0 Å². The zero-order valence-corrected chi connectivity index (χ0v) is 9.61. The highest BCUT2D eigenvalue weighted by molar-refractivity contribution is 5.58. The summed E-state index contributed by atoms with van der Waals surface area (Å²) < 4.78 is 13.7. The van der Waals surface area contributed by atoms with Gasteiger partial charge in [-0.15, -0.1) is 0 Å². The quantitative estimate of drug-likeness (QED) is 0.777. The molecule has 0 radical (unpaired) electrons. The molecule has 0 unspecified atom stereocenters. The fraction of sp³-hybridized carbons (Fsp3) is 0.333. The van der Waals surface area contributed by atoms with Gasteiger partial charge in [-0.25, -0.2) is 4.39 Å². The van der Waals surface area contributed by atoms with Gasteiger partial charge in [-0.3, -0.25) is 0 Å². The van der Waals surface area contributed by atoms with Crippen LogP contribution in [0.5, 0.6) is 0 Å². The van der Waals surface area contributed by atoms with Crippen molar-refractivity contribution < 1.29 is 4.39 Å². The smallest absolute Gasteiger partial charge is 0.127 e. The summed E-state index contributed by atoms with van der Waals surface area (Å²) in [5, 5.41) is 8.10. The molecule has 0 saturated carbocycles. The van der Waals surface area contributed by atoms with Gasteiger partial charge >= 0.3 is 0 Å². The van der Waals surface area contributed by atoms with Gasteiger partial charge in [0.25, 0.3) is 0 Å². The lowest BCUT2D eigenvalue weighted by atomic mass is 10.0. The van der Waals surface area contributed by atoms with E-state index in [1.165, 1.54) is 10.9 Å².